The monoisotopic (exact) mass is 298 g/mol. The lowest BCUT2D eigenvalue weighted by molar-refractivity contribution is 0.251. The van der Waals surface area contributed by atoms with E-state index in [9.17, 15) is 4.79 Å². The van der Waals surface area contributed by atoms with E-state index in [1.165, 1.54) is 0 Å². The van der Waals surface area contributed by atoms with Crippen molar-refractivity contribution < 1.29 is 4.79 Å². The summed E-state index contributed by atoms with van der Waals surface area (Å²) in [6.45, 7) is 0.966. The van der Waals surface area contributed by atoms with Crippen molar-refractivity contribution in [2.45, 2.75) is 13.1 Å². The highest BCUT2D eigenvalue weighted by atomic mass is 16.2. The van der Waals surface area contributed by atoms with Crippen molar-refractivity contribution >= 4 is 17.4 Å². The predicted octanol–water partition coefficient (Wildman–Crippen LogP) is 2.53. The van der Waals surface area contributed by atoms with E-state index < -0.39 is 0 Å². The minimum Gasteiger partial charge on any atom is -0.378 e. The summed E-state index contributed by atoms with van der Waals surface area (Å²) >= 11 is 0. The Morgan fingerprint density at radius 3 is 2.41 bits per heavy atom. The van der Waals surface area contributed by atoms with Gasteiger partial charge in [-0.25, -0.2) is 4.79 Å². The molecule has 0 aliphatic carbocycles. The Hall–Kier alpha value is -2.53. The second-order valence-electron chi connectivity index (χ2n) is 5.27. The Labute approximate surface area is 131 Å². The maximum atomic E-state index is 11.9. The molecule has 116 valence electrons. The number of carbonyl (C=O) groups is 1. The lowest BCUT2D eigenvalue weighted by atomic mass is 10.1. The number of amides is 2. The third-order valence-corrected chi connectivity index (χ3v) is 3.32. The van der Waals surface area contributed by atoms with Crippen molar-refractivity contribution in [2.75, 3.05) is 24.3 Å². The molecule has 2 aromatic carbocycles. The average Bonchev–Trinajstić information content (AvgIpc) is 2.53. The van der Waals surface area contributed by atoms with Crippen molar-refractivity contribution in [1.29, 1.82) is 0 Å². The molecule has 0 fully saturated rings. The van der Waals surface area contributed by atoms with E-state index in [1.807, 2.05) is 67.5 Å². The van der Waals surface area contributed by atoms with Gasteiger partial charge in [0.1, 0.15) is 0 Å². The number of nitrogens with zero attached hydrogens (tertiary/aromatic N) is 1. The zero-order valence-corrected chi connectivity index (χ0v) is 13.0. The smallest absolute Gasteiger partial charge is 0.319 e. The number of hydrogen-bond acceptors (Lipinski definition) is 3. The molecule has 5 heteroatoms. The molecular formula is C17H22N4O. The van der Waals surface area contributed by atoms with Gasteiger partial charge in [0.05, 0.1) is 0 Å². The minimum atomic E-state index is -0.226. The van der Waals surface area contributed by atoms with Gasteiger partial charge < -0.3 is 21.3 Å². The fourth-order valence-electron chi connectivity index (χ4n) is 2.07. The Morgan fingerprint density at radius 2 is 1.77 bits per heavy atom. The molecule has 0 spiro atoms. The number of nitrogens with one attached hydrogen (secondary N) is 2. The molecule has 0 bridgehead atoms. The number of rotatable bonds is 5. The van der Waals surface area contributed by atoms with Gasteiger partial charge in [-0.15, -0.1) is 0 Å². The van der Waals surface area contributed by atoms with Crippen LogP contribution in [0.2, 0.25) is 0 Å². The lowest BCUT2D eigenvalue weighted by Gasteiger charge is -2.13. The molecule has 5 nitrogen and oxygen atoms in total. The van der Waals surface area contributed by atoms with Crippen LogP contribution >= 0.6 is 0 Å². The highest BCUT2D eigenvalue weighted by molar-refractivity contribution is 5.89. The zero-order valence-electron chi connectivity index (χ0n) is 13.0. The van der Waals surface area contributed by atoms with Gasteiger partial charge in [-0.2, -0.15) is 0 Å². The first kappa shape index (κ1) is 15.9. The summed E-state index contributed by atoms with van der Waals surface area (Å²) in [4.78, 5) is 13.9. The second kappa shape index (κ2) is 7.47. The van der Waals surface area contributed by atoms with Crippen molar-refractivity contribution in [3.63, 3.8) is 0 Å². The summed E-state index contributed by atoms with van der Waals surface area (Å²) in [5.41, 5.74) is 9.54. The maximum Gasteiger partial charge on any atom is 0.319 e. The van der Waals surface area contributed by atoms with Gasteiger partial charge in [0.2, 0.25) is 0 Å². The second-order valence-corrected chi connectivity index (χ2v) is 5.27. The quantitative estimate of drug-likeness (QED) is 0.794. The summed E-state index contributed by atoms with van der Waals surface area (Å²) in [5.74, 6) is 0. The van der Waals surface area contributed by atoms with Crippen LogP contribution in [0.5, 0.6) is 0 Å². The Morgan fingerprint density at radius 1 is 1.09 bits per heavy atom. The molecule has 22 heavy (non-hydrogen) atoms. The maximum absolute atomic E-state index is 11.9. The molecule has 2 rings (SSSR count). The SMILES string of the molecule is CN(C)c1ccc(NC(=O)NCc2cccc(CN)c2)cc1. The molecule has 0 aliphatic rings. The Bertz CT molecular complexity index is 623. The van der Waals surface area contributed by atoms with Crippen molar-refractivity contribution in [2.24, 2.45) is 5.73 Å². The highest BCUT2D eigenvalue weighted by Crippen LogP contribution is 2.15. The first-order valence-corrected chi connectivity index (χ1v) is 7.18. The van der Waals surface area contributed by atoms with E-state index in [0.717, 1.165) is 22.5 Å². The van der Waals surface area contributed by atoms with Crippen LogP contribution in [0.1, 0.15) is 11.1 Å². The van der Waals surface area contributed by atoms with Crippen LogP contribution in [-0.2, 0) is 13.1 Å². The van der Waals surface area contributed by atoms with Crippen LogP contribution in [0.4, 0.5) is 16.2 Å². The van der Waals surface area contributed by atoms with Crippen LogP contribution in [0.25, 0.3) is 0 Å². The molecule has 0 saturated heterocycles. The van der Waals surface area contributed by atoms with Gasteiger partial charge in [-0.1, -0.05) is 24.3 Å². The van der Waals surface area contributed by atoms with Crippen molar-refractivity contribution in [3.8, 4) is 0 Å². The highest BCUT2D eigenvalue weighted by Gasteiger charge is 2.03. The first-order chi connectivity index (χ1) is 10.6. The molecule has 0 aromatic heterocycles. The molecule has 0 aliphatic heterocycles. The standard InChI is InChI=1S/C17H22N4O/c1-21(2)16-8-6-15(7-9-16)20-17(22)19-12-14-5-3-4-13(10-14)11-18/h3-10H,11-12,18H2,1-2H3,(H2,19,20,22). The number of anilines is 2. The molecule has 0 atom stereocenters. The van der Waals surface area contributed by atoms with E-state index in [4.69, 9.17) is 5.73 Å². The molecule has 2 amide bonds. The number of urea groups is 1. The Kier molecular flexibility index (Phi) is 5.38. The predicted molar refractivity (Wildman–Crippen MR) is 91.0 cm³/mol. The van der Waals surface area contributed by atoms with Crippen LogP contribution in [0.3, 0.4) is 0 Å². The summed E-state index contributed by atoms with van der Waals surface area (Å²) in [6, 6.07) is 15.3. The van der Waals surface area contributed by atoms with E-state index in [2.05, 4.69) is 10.6 Å². The molecule has 0 saturated carbocycles. The van der Waals surface area contributed by atoms with Gasteiger partial charge in [-0.05, 0) is 35.4 Å². The third kappa shape index (κ3) is 4.49. The number of carbonyl (C=O) groups excluding carboxylic acids is 1. The average molecular weight is 298 g/mol. The van der Waals surface area contributed by atoms with Gasteiger partial charge in [0.25, 0.3) is 0 Å². The fraction of sp³-hybridized carbons (Fsp3) is 0.235. The van der Waals surface area contributed by atoms with Gasteiger partial charge >= 0.3 is 6.03 Å². The van der Waals surface area contributed by atoms with Crippen LogP contribution in [0.15, 0.2) is 48.5 Å². The molecule has 0 heterocycles. The first-order valence-electron chi connectivity index (χ1n) is 7.18. The van der Waals surface area contributed by atoms with Gasteiger partial charge in [0, 0.05) is 38.6 Å². The topological polar surface area (TPSA) is 70.4 Å². The zero-order chi connectivity index (χ0) is 15.9. The molecule has 0 radical (unpaired) electrons. The molecule has 4 N–H and O–H groups in total. The van der Waals surface area contributed by atoms with Crippen LogP contribution < -0.4 is 21.3 Å². The van der Waals surface area contributed by atoms with E-state index in [1.54, 1.807) is 0 Å². The number of benzene rings is 2. The largest absolute Gasteiger partial charge is 0.378 e. The third-order valence-electron chi connectivity index (χ3n) is 3.32. The molecular weight excluding hydrogens is 276 g/mol. The minimum absolute atomic E-state index is 0.226. The van der Waals surface area contributed by atoms with Gasteiger partial charge in [-0.3, -0.25) is 0 Å². The van der Waals surface area contributed by atoms with Crippen LogP contribution in [-0.4, -0.2) is 20.1 Å². The van der Waals surface area contributed by atoms with E-state index >= 15 is 0 Å². The Balaban J connectivity index is 1.87. The summed E-state index contributed by atoms with van der Waals surface area (Å²) in [6.07, 6.45) is 0. The van der Waals surface area contributed by atoms with E-state index in [-0.39, 0.29) is 6.03 Å². The fourth-order valence-corrected chi connectivity index (χ4v) is 2.07. The lowest BCUT2D eigenvalue weighted by Crippen LogP contribution is -2.28. The number of hydrogen-bond donors (Lipinski definition) is 3. The normalized spacial score (nSPS) is 10.1. The van der Waals surface area contributed by atoms with Crippen molar-refractivity contribution in [3.05, 3.63) is 59.7 Å². The summed E-state index contributed by atoms with van der Waals surface area (Å²) in [5, 5.41) is 5.65. The number of nitrogens with two attached hydrogens (primary N) is 1. The van der Waals surface area contributed by atoms with Crippen molar-refractivity contribution in [1.82, 2.24) is 5.32 Å². The summed E-state index contributed by atoms with van der Waals surface area (Å²) in [7, 11) is 3.95. The molecule has 2 aromatic rings. The molecule has 0 unspecified atom stereocenters. The van der Waals surface area contributed by atoms with Gasteiger partial charge in [0.15, 0.2) is 0 Å². The summed E-state index contributed by atoms with van der Waals surface area (Å²) < 4.78 is 0. The van der Waals surface area contributed by atoms with Crippen LogP contribution in [0, 0.1) is 0 Å². The van der Waals surface area contributed by atoms with E-state index in [0.29, 0.717) is 13.1 Å².